The Morgan fingerprint density at radius 3 is 2.62 bits per heavy atom. The van der Waals surface area contributed by atoms with Gasteiger partial charge in [0.15, 0.2) is 0 Å². The predicted molar refractivity (Wildman–Crippen MR) is 57.6 cm³/mol. The molecule has 0 aromatic carbocycles. The molecule has 1 aromatic heterocycles. The van der Waals surface area contributed by atoms with E-state index in [2.05, 4.69) is 37.1 Å². The molecule has 1 heterocycles. The standard InChI is InChI=1S/C11H14N2/c1-5-9-10(8(2)3)6-13-7-11(9)12-4/h5-8H,1,4H2,2-3H3. The van der Waals surface area contributed by atoms with Crippen molar-refractivity contribution in [1.29, 1.82) is 0 Å². The van der Waals surface area contributed by atoms with Gasteiger partial charge in [-0.2, -0.15) is 0 Å². The third-order valence-electron chi connectivity index (χ3n) is 1.99. The summed E-state index contributed by atoms with van der Waals surface area (Å²) in [5.41, 5.74) is 3.01. The zero-order valence-corrected chi connectivity index (χ0v) is 8.12. The molecule has 0 atom stereocenters. The molecule has 0 radical (unpaired) electrons. The number of aliphatic imine (C=N–C) groups is 1. The second-order valence-corrected chi connectivity index (χ2v) is 3.18. The van der Waals surface area contributed by atoms with E-state index in [1.165, 1.54) is 5.56 Å². The van der Waals surface area contributed by atoms with E-state index in [1.54, 1.807) is 12.3 Å². The molecule has 0 amide bonds. The molecule has 0 aliphatic carbocycles. The molecule has 0 aliphatic heterocycles. The second kappa shape index (κ2) is 3.99. The van der Waals surface area contributed by atoms with E-state index in [9.17, 15) is 0 Å². The van der Waals surface area contributed by atoms with Crippen LogP contribution in [-0.2, 0) is 0 Å². The molecule has 0 unspecified atom stereocenters. The SMILES string of the molecule is C=Cc1c(N=C)cncc1C(C)C. The summed E-state index contributed by atoms with van der Waals surface area (Å²) in [6.45, 7) is 11.5. The summed E-state index contributed by atoms with van der Waals surface area (Å²) in [7, 11) is 0. The van der Waals surface area contributed by atoms with E-state index in [4.69, 9.17) is 0 Å². The number of aromatic nitrogens is 1. The van der Waals surface area contributed by atoms with Gasteiger partial charge in [0.1, 0.15) is 0 Å². The van der Waals surface area contributed by atoms with E-state index in [-0.39, 0.29) is 0 Å². The molecule has 0 aliphatic rings. The third kappa shape index (κ3) is 1.83. The summed E-state index contributed by atoms with van der Waals surface area (Å²) in [6.07, 6.45) is 5.37. The summed E-state index contributed by atoms with van der Waals surface area (Å²) in [6, 6.07) is 0. The Morgan fingerprint density at radius 2 is 2.15 bits per heavy atom. The first-order chi connectivity index (χ1) is 6.20. The fourth-order valence-corrected chi connectivity index (χ4v) is 1.28. The maximum Gasteiger partial charge on any atom is 0.0880 e. The molecule has 0 saturated carbocycles. The van der Waals surface area contributed by atoms with Gasteiger partial charge >= 0.3 is 0 Å². The average Bonchev–Trinajstić information content (AvgIpc) is 2.16. The molecule has 0 saturated heterocycles. The van der Waals surface area contributed by atoms with Crippen LogP contribution in [0.1, 0.15) is 30.9 Å². The van der Waals surface area contributed by atoms with Crippen LogP contribution in [-0.4, -0.2) is 11.7 Å². The largest absolute Gasteiger partial charge is 0.262 e. The van der Waals surface area contributed by atoms with Crippen molar-refractivity contribution in [2.45, 2.75) is 19.8 Å². The maximum absolute atomic E-state index is 4.10. The van der Waals surface area contributed by atoms with Crippen molar-refractivity contribution in [1.82, 2.24) is 4.98 Å². The van der Waals surface area contributed by atoms with Crippen molar-refractivity contribution in [3.05, 3.63) is 30.1 Å². The van der Waals surface area contributed by atoms with Gasteiger partial charge in [0, 0.05) is 11.8 Å². The highest BCUT2D eigenvalue weighted by atomic mass is 14.8. The molecule has 0 spiro atoms. The van der Waals surface area contributed by atoms with Crippen LogP contribution < -0.4 is 0 Å². The van der Waals surface area contributed by atoms with Crippen LogP contribution in [0.3, 0.4) is 0 Å². The second-order valence-electron chi connectivity index (χ2n) is 3.18. The minimum atomic E-state index is 0.433. The van der Waals surface area contributed by atoms with E-state index >= 15 is 0 Å². The van der Waals surface area contributed by atoms with Gasteiger partial charge in [-0.15, -0.1) is 0 Å². The fourth-order valence-electron chi connectivity index (χ4n) is 1.28. The van der Waals surface area contributed by atoms with Crippen molar-refractivity contribution in [2.75, 3.05) is 0 Å². The van der Waals surface area contributed by atoms with E-state index < -0.39 is 0 Å². The minimum Gasteiger partial charge on any atom is -0.262 e. The van der Waals surface area contributed by atoms with E-state index in [0.717, 1.165) is 11.3 Å². The van der Waals surface area contributed by atoms with Gasteiger partial charge in [0.2, 0.25) is 0 Å². The van der Waals surface area contributed by atoms with Gasteiger partial charge in [-0.25, -0.2) is 0 Å². The number of nitrogens with zero attached hydrogens (tertiary/aromatic N) is 2. The Bertz CT molecular complexity index is 327. The first kappa shape index (κ1) is 9.65. The molecule has 13 heavy (non-hydrogen) atoms. The Balaban J connectivity index is 3.35. The Morgan fingerprint density at radius 1 is 1.46 bits per heavy atom. The van der Waals surface area contributed by atoms with Crippen LogP contribution in [0.4, 0.5) is 5.69 Å². The third-order valence-corrected chi connectivity index (χ3v) is 1.99. The molecule has 1 aromatic rings. The van der Waals surface area contributed by atoms with Crippen molar-refractivity contribution < 1.29 is 0 Å². The first-order valence-corrected chi connectivity index (χ1v) is 4.27. The zero-order chi connectivity index (χ0) is 9.84. The predicted octanol–water partition coefficient (Wildman–Crippen LogP) is 3.18. The fraction of sp³-hybridized carbons (Fsp3) is 0.273. The lowest BCUT2D eigenvalue weighted by atomic mass is 9.99. The van der Waals surface area contributed by atoms with Crippen LogP contribution in [0.15, 0.2) is 24.0 Å². The van der Waals surface area contributed by atoms with Gasteiger partial charge in [0.25, 0.3) is 0 Å². The zero-order valence-electron chi connectivity index (χ0n) is 8.12. The van der Waals surface area contributed by atoms with Gasteiger partial charge in [-0.3, -0.25) is 9.98 Å². The quantitative estimate of drug-likeness (QED) is 0.646. The van der Waals surface area contributed by atoms with Crippen molar-refractivity contribution in [3.63, 3.8) is 0 Å². The van der Waals surface area contributed by atoms with Crippen molar-refractivity contribution in [3.8, 4) is 0 Å². The monoisotopic (exact) mass is 174 g/mol. The van der Waals surface area contributed by atoms with E-state index in [1.807, 2.05) is 6.20 Å². The molecular weight excluding hydrogens is 160 g/mol. The summed E-state index contributed by atoms with van der Waals surface area (Å²) >= 11 is 0. The minimum absolute atomic E-state index is 0.433. The first-order valence-electron chi connectivity index (χ1n) is 4.27. The van der Waals surface area contributed by atoms with Crippen LogP contribution in [0.5, 0.6) is 0 Å². The normalized spacial score (nSPS) is 10.1. The molecular formula is C11H14N2. The average molecular weight is 174 g/mol. The summed E-state index contributed by atoms with van der Waals surface area (Å²) in [5, 5.41) is 0. The van der Waals surface area contributed by atoms with Crippen molar-refractivity contribution >= 4 is 18.5 Å². The number of hydrogen-bond donors (Lipinski definition) is 0. The highest BCUT2D eigenvalue weighted by molar-refractivity contribution is 5.67. The Hall–Kier alpha value is -1.44. The van der Waals surface area contributed by atoms with Crippen LogP contribution in [0, 0.1) is 0 Å². The topological polar surface area (TPSA) is 25.2 Å². The molecule has 0 fully saturated rings. The number of hydrogen-bond acceptors (Lipinski definition) is 2. The van der Waals surface area contributed by atoms with Crippen LogP contribution in [0.2, 0.25) is 0 Å². The highest BCUT2D eigenvalue weighted by Gasteiger charge is 2.07. The lowest BCUT2D eigenvalue weighted by Crippen LogP contribution is -1.93. The van der Waals surface area contributed by atoms with Crippen molar-refractivity contribution in [2.24, 2.45) is 4.99 Å². The number of pyridine rings is 1. The van der Waals surface area contributed by atoms with Gasteiger partial charge in [-0.05, 0) is 18.2 Å². The number of rotatable bonds is 3. The van der Waals surface area contributed by atoms with Gasteiger partial charge in [-0.1, -0.05) is 26.5 Å². The summed E-state index contributed by atoms with van der Waals surface area (Å²) in [4.78, 5) is 8.00. The van der Waals surface area contributed by atoms with Gasteiger partial charge < -0.3 is 0 Å². The molecule has 2 nitrogen and oxygen atoms in total. The highest BCUT2D eigenvalue weighted by Crippen LogP contribution is 2.27. The summed E-state index contributed by atoms with van der Waals surface area (Å²) < 4.78 is 0. The lowest BCUT2D eigenvalue weighted by molar-refractivity contribution is 0.855. The smallest absolute Gasteiger partial charge is 0.0880 e. The van der Waals surface area contributed by atoms with E-state index in [0.29, 0.717) is 5.92 Å². The molecule has 68 valence electrons. The van der Waals surface area contributed by atoms with Crippen LogP contribution >= 0.6 is 0 Å². The maximum atomic E-state index is 4.10. The lowest BCUT2D eigenvalue weighted by Gasteiger charge is -2.10. The summed E-state index contributed by atoms with van der Waals surface area (Å²) in [5.74, 6) is 0.433. The molecule has 1 rings (SSSR count). The molecule has 0 N–H and O–H groups in total. The van der Waals surface area contributed by atoms with Gasteiger partial charge in [0.05, 0.1) is 11.9 Å². The molecule has 2 heteroatoms. The van der Waals surface area contributed by atoms with Crippen LogP contribution in [0.25, 0.3) is 6.08 Å². The Labute approximate surface area is 79.0 Å². The molecule has 0 bridgehead atoms. The Kier molecular flexibility index (Phi) is 2.96.